The molecule has 21 heavy (non-hydrogen) atoms. The summed E-state index contributed by atoms with van der Waals surface area (Å²) in [6.45, 7) is 4.73. The average Bonchev–Trinajstić information content (AvgIpc) is 3.20. The van der Waals surface area contributed by atoms with E-state index in [1.165, 1.54) is 0 Å². The van der Waals surface area contributed by atoms with E-state index < -0.39 is 0 Å². The number of nitrogens with zero attached hydrogens (tertiary/aromatic N) is 3. The number of hydrogen-bond acceptors (Lipinski definition) is 3. The summed E-state index contributed by atoms with van der Waals surface area (Å²) in [7, 11) is 0. The topological polar surface area (TPSA) is 59.8 Å². The van der Waals surface area contributed by atoms with Crippen LogP contribution in [0.15, 0.2) is 30.5 Å². The number of nitrogens with one attached hydrogen (secondary N) is 1. The van der Waals surface area contributed by atoms with Gasteiger partial charge in [-0.05, 0) is 50.8 Å². The Morgan fingerprint density at radius 2 is 2.24 bits per heavy atom. The number of hydrogen-bond donors (Lipinski definition) is 1. The van der Waals surface area contributed by atoms with Crippen LogP contribution in [0.1, 0.15) is 47.7 Å². The van der Waals surface area contributed by atoms with Gasteiger partial charge in [0.15, 0.2) is 0 Å². The van der Waals surface area contributed by atoms with Crippen LogP contribution in [-0.2, 0) is 6.54 Å². The second-order valence-corrected chi connectivity index (χ2v) is 5.55. The second-order valence-electron chi connectivity index (χ2n) is 5.55. The first-order chi connectivity index (χ1) is 10.2. The Morgan fingerprint density at radius 1 is 1.43 bits per heavy atom. The van der Waals surface area contributed by atoms with Crippen molar-refractivity contribution in [3.05, 3.63) is 47.5 Å². The van der Waals surface area contributed by atoms with Crippen LogP contribution >= 0.6 is 0 Å². The summed E-state index contributed by atoms with van der Waals surface area (Å²) in [5.74, 6) is 0.374. The molecule has 2 aromatic heterocycles. The van der Waals surface area contributed by atoms with Crippen molar-refractivity contribution in [1.82, 2.24) is 20.1 Å². The first kappa shape index (κ1) is 13.8. The normalized spacial score (nSPS) is 15.7. The van der Waals surface area contributed by atoms with Gasteiger partial charge in [0.25, 0.3) is 5.91 Å². The van der Waals surface area contributed by atoms with E-state index in [4.69, 9.17) is 0 Å². The van der Waals surface area contributed by atoms with Crippen molar-refractivity contribution in [3.8, 4) is 0 Å². The summed E-state index contributed by atoms with van der Waals surface area (Å²) in [6.07, 6.45) is 4.11. The van der Waals surface area contributed by atoms with Crippen LogP contribution < -0.4 is 5.32 Å². The molecule has 110 valence electrons. The zero-order valence-electron chi connectivity index (χ0n) is 12.4. The lowest BCUT2D eigenvalue weighted by Crippen LogP contribution is -2.31. The van der Waals surface area contributed by atoms with E-state index in [-0.39, 0.29) is 11.9 Å². The highest BCUT2D eigenvalue weighted by atomic mass is 16.2. The van der Waals surface area contributed by atoms with Gasteiger partial charge in [-0.3, -0.25) is 14.5 Å². The lowest BCUT2D eigenvalue weighted by Gasteiger charge is -2.17. The maximum absolute atomic E-state index is 12.4. The third-order valence-corrected chi connectivity index (χ3v) is 3.81. The molecule has 1 amide bonds. The van der Waals surface area contributed by atoms with Gasteiger partial charge in [0.1, 0.15) is 5.69 Å². The predicted octanol–water partition coefficient (Wildman–Crippen LogP) is 2.49. The van der Waals surface area contributed by atoms with Gasteiger partial charge in [-0.25, -0.2) is 0 Å². The molecule has 0 spiro atoms. The van der Waals surface area contributed by atoms with Crippen LogP contribution in [0.2, 0.25) is 0 Å². The van der Waals surface area contributed by atoms with Crippen molar-refractivity contribution < 1.29 is 4.79 Å². The Kier molecular flexibility index (Phi) is 3.73. The van der Waals surface area contributed by atoms with Gasteiger partial charge in [-0.2, -0.15) is 5.10 Å². The number of aromatic nitrogens is 3. The van der Waals surface area contributed by atoms with Crippen molar-refractivity contribution in [1.29, 1.82) is 0 Å². The number of carbonyl (C=O) groups is 1. The molecule has 5 nitrogen and oxygen atoms in total. The SMILES string of the molecule is CCn1ccc(C(=O)NC(c2cccc(C)n2)C2CC2)n1. The van der Waals surface area contributed by atoms with Crippen LogP contribution in [0.3, 0.4) is 0 Å². The lowest BCUT2D eigenvalue weighted by molar-refractivity contribution is 0.0924. The van der Waals surface area contributed by atoms with Crippen LogP contribution in [-0.4, -0.2) is 20.7 Å². The summed E-state index contributed by atoms with van der Waals surface area (Å²) in [5, 5.41) is 7.36. The highest BCUT2D eigenvalue weighted by molar-refractivity contribution is 5.92. The molecule has 0 saturated heterocycles. The van der Waals surface area contributed by atoms with Gasteiger partial charge in [0, 0.05) is 18.4 Å². The van der Waals surface area contributed by atoms with Gasteiger partial charge in [-0.1, -0.05) is 6.07 Å². The van der Waals surface area contributed by atoms with Gasteiger partial charge in [0.2, 0.25) is 0 Å². The smallest absolute Gasteiger partial charge is 0.272 e. The molecule has 1 aliphatic rings. The minimum Gasteiger partial charge on any atom is -0.342 e. The number of aryl methyl sites for hydroxylation is 2. The quantitative estimate of drug-likeness (QED) is 0.917. The molecule has 1 fully saturated rings. The van der Waals surface area contributed by atoms with Crippen LogP contribution in [0, 0.1) is 12.8 Å². The van der Waals surface area contributed by atoms with Gasteiger partial charge >= 0.3 is 0 Å². The molecule has 2 heterocycles. The van der Waals surface area contributed by atoms with E-state index in [1.54, 1.807) is 10.7 Å². The molecule has 0 aromatic carbocycles. The van der Waals surface area contributed by atoms with Crippen LogP contribution in [0.4, 0.5) is 0 Å². The average molecular weight is 284 g/mol. The monoisotopic (exact) mass is 284 g/mol. The molecule has 2 aromatic rings. The highest BCUT2D eigenvalue weighted by Gasteiger charge is 2.34. The molecular formula is C16H20N4O. The van der Waals surface area contributed by atoms with E-state index in [0.717, 1.165) is 30.8 Å². The minimum absolute atomic E-state index is 0.0100. The fraction of sp³-hybridized carbons (Fsp3) is 0.438. The molecule has 1 atom stereocenters. The molecule has 0 aliphatic heterocycles. The molecular weight excluding hydrogens is 264 g/mol. The molecule has 1 saturated carbocycles. The Labute approximate surface area is 124 Å². The number of amides is 1. The predicted molar refractivity (Wildman–Crippen MR) is 79.8 cm³/mol. The zero-order chi connectivity index (χ0) is 14.8. The Morgan fingerprint density at radius 3 is 2.86 bits per heavy atom. The third kappa shape index (κ3) is 3.12. The van der Waals surface area contributed by atoms with E-state index in [2.05, 4.69) is 15.4 Å². The number of rotatable bonds is 5. The Bertz CT molecular complexity index is 645. The van der Waals surface area contributed by atoms with Crippen molar-refractivity contribution in [2.75, 3.05) is 0 Å². The second kappa shape index (κ2) is 5.68. The molecule has 1 N–H and O–H groups in total. The van der Waals surface area contributed by atoms with Crippen LogP contribution in [0.5, 0.6) is 0 Å². The van der Waals surface area contributed by atoms with E-state index in [9.17, 15) is 4.79 Å². The van der Waals surface area contributed by atoms with E-state index >= 15 is 0 Å². The van der Waals surface area contributed by atoms with Gasteiger partial charge in [0.05, 0.1) is 11.7 Å². The third-order valence-electron chi connectivity index (χ3n) is 3.81. The molecule has 0 bridgehead atoms. The molecule has 1 unspecified atom stereocenters. The first-order valence-electron chi connectivity index (χ1n) is 7.45. The summed E-state index contributed by atoms with van der Waals surface area (Å²) < 4.78 is 1.76. The van der Waals surface area contributed by atoms with Crippen molar-refractivity contribution in [2.45, 2.75) is 39.3 Å². The summed E-state index contributed by atoms with van der Waals surface area (Å²) in [6, 6.07) is 7.69. The molecule has 5 heteroatoms. The first-order valence-corrected chi connectivity index (χ1v) is 7.45. The van der Waals surface area contributed by atoms with Crippen molar-refractivity contribution in [2.24, 2.45) is 5.92 Å². The number of carbonyl (C=O) groups excluding carboxylic acids is 1. The largest absolute Gasteiger partial charge is 0.342 e. The fourth-order valence-electron chi connectivity index (χ4n) is 2.47. The summed E-state index contributed by atoms with van der Waals surface area (Å²) in [5.41, 5.74) is 2.39. The minimum atomic E-state index is -0.123. The van der Waals surface area contributed by atoms with Gasteiger partial charge in [-0.15, -0.1) is 0 Å². The Balaban J connectivity index is 1.77. The van der Waals surface area contributed by atoms with Crippen LogP contribution in [0.25, 0.3) is 0 Å². The molecule has 0 radical (unpaired) electrons. The van der Waals surface area contributed by atoms with Crippen molar-refractivity contribution in [3.63, 3.8) is 0 Å². The summed E-state index contributed by atoms with van der Waals surface area (Å²) in [4.78, 5) is 16.9. The fourth-order valence-corrected chi connectivity index (χ4v) is 2.47. The van der Waals surface area contributed by atoms with Gasteiger partial charge < -0.3 is 5.32 Å². The maximum atomic E-state index is 12.4. The van der Waals surface area contributed by atoms with E-state index in [1.807, 2.05) is 38.2 Å². The molecule has 3 rings (SSSR count). The zero-order valence-corrected chi connectivity index (χ0v) is 12.4. The van der Waals surface area contributed by atoms with E-state index in [0.29, 0.717) is 11.6 Å². The lowest BCUT2D eigenvalue weighted by atomic mass is 10.1. The number of pyridine rings is 1. The maximum Gasteiger partial charge on any atom is 0.272 e. The Hall–Kier alpha value is -2.17. The van der Waals surface area contributed by atoms with Crippen molar-refractivity contribution >= 4 is 5.91 Å². The highest BCUT2D eigenvalue weighted by Crippen LogP contribution is 2.40. The molecule has 1 aliphatic carbocycles. The summed E-state index contributed by atoms with van der Waals surface area (Å²) >= 11 is 0. The standard InChI is InChI=1S/C16H20N4O/c1-3-20-10-9-14(19-20)16(21)18-15(12-7-8-12)13-6-4-5-11(2)17-13/h4-6,9-10,12,15H,3,7-8H2,1-2H3,(H,18,21).